The van der Waals surface area contributed by atoms with Crippen molar-refractivity contribution in [3.8, 4) is 0 Å². The Hall–Kier alpha value is -0.600. The van der Waals surface area contributed by atoms with Crippen molar-refractivity contribution in [2.45, 2.75) is 51.1 Å². The van der Waals surface area contributed by atoms with Gasteiger partial charge in [-0.15, -0.1) is 0 Å². The van der Waals surface area contributed by atoms with Crippen LogP contribution in [0.2, 0.25) is 0 Å². The monoisotopic (exact) mass is 226 g/mol. The maximum absolute atomic E-state index is 14.6. The molecule has 0 aromatic carbocycles. The molecule has 0 aromatic rings. The van der Waals surface area contributed by atoms with Crippen molar-refractivity contribution >= 4 is 5.97 Å². The molecule has 2 unspecified atom stereocenters. The molecule has 4 fully saturated rings. The van der Waals surface area contributed by atoms with E-state index >= 15 is 0 Å². The molecule has 4 bridgehead atoms. The van der Waals surface area contributed by atoms with Crippen molar-refractivity contribution in [3.05, 3.63) is 0 Å². The second kappa shape index (κ2) is 2.99. The van der Waals surface area contributed by atoms with Crippen molar-refractivity contribution < 1.29 is 14.3 Å². The van der Waals surface area contributed by atoms with Gasteiger partial charge in [-0.3, -0.25) is 4.79 Å². The van der Waals surface area contributed by atoms with Gasteiger partial charge in [-0.1, -0.05) is 6.92 Å². The maximum Gasteiger partial charge on any atom is 0.306 e. The minimum Gasteiger partial charge on any atom is -0.481 e. The molecule has 2 nitrogen and oxygen atoms in total. The van der Waals surface area contributed by atoms with Crippen LogP contribution in [0.1, 0.15) is 45.4 Å². The van der Waals surface area contributed by atoms with E-state index in [0.717, 1.165) is 19.3 Å². The summed E-state index contributed by atoms with van der Waals surface area (Å²) in [4.78, 5) is 11.2. The van der Waals surface area contributed by atoms with Crippen LogP contribution in [0.5, 0.6) is 0 Å². The average Bonchev–Trinajstić information content (AvgIpc) is 2.12. The molecule has 4 rings (SSSR count). The Balaban J connectivity index is 1.94. The van der Waals surface area contributed by atoms with Gasteiger partial charge in [-0.25, -0.2) is 4.39 Å². The molecule has 4 saturated carbocycles. The van der Waals surface area contributed by atoms with Crippen LogP contribution in [-0.4, -0.2) is 16.7 Å². The fourth-order valence-electron chi connectivity index (χ4n) is 4.99. The van der Waals surface area contributed by atoms with Crippen LogP contribution in [0, 0.1) is 23.2 Å². The summed E-state index contributed by atoms with van der Waals surface area (Å²) in [5.41, 5.74) is -1.27. The van der Waals surface area contributed by atoms with Crippen molar-refractivity contribution in [1.29, 1.82) is 0 Å². The predicted octanol–water partition coefficient (Wildman–Crippen LogP) is 3.02. The second-order valence-electron chi connectivity index (χ2n) is 6.53. The Morgan fingerprint density at radius 1 is 1.31 bits per heavy atom. The van der Waals surface area contributed by atoms with Gasteiger partial charge in [0.15, 0.2) is 0 Å². The summed E-state index contributed by atoms with van der Waals surface area (Å²) in [5, 5.41) is 9.20. The lowest BCUT2D eigenvalue weighted by atomic mass is 9.45. The van der Waals surface area contributed by atoms with Crippen LogP contribution in [0.25, 0.3) is 0 Å². The zero-order valence-corrected chi connectivity index (χ0v) is 9.71. The number of hydrogen-bond acceptors (Lipinski definition) is 1. The maximum atomic E-state index is 14.6. The Labute approximate surface area is 95.2 Å². The Bertz CT molecular complexity index is 325. The number of carbonyl (C=O) groups is 1. The predicted molar refractivity (Wildman–Crippen MR) is 57.8 cm³/mol. The summed E-state index contributed by atoms with van der Waals surface area (Å²) in [7, 11) is 0. The molecule has 16 heavy (non-hydrogen) atoms. The molecule has 4 aliphatic carbocycles. The summed E-state index contributed by atoms with van der Waals surface area (Å²) in [6, 6.07) is 0. The number of hydrogen-bond donors (Lipinski definition) is 1. The third-order valence-corrected chi connectivity index (χ3v) is 5.32. The number of rotatable bonds is 2. The van der Waals surface area contributed by atoms with Crippen molar-refractivity contribution in [2.75, 3.05) is 0 Å². The first-order valence-electron chi connectivity index (χ1n) is 6.34. The van der Waals surface area contributed by atoms with Gasteiger partial charge in [0.2, 0.25) is 0 Å². The molecule has 0 spiro atoms. The number of halogens is 1. The fourth-order valence-corrected chi connectivity index (χ4v) is 4.99. The van der Waals surface area contributed by atoms with Crippen molar-refractivity contribution in [3.63, 3.8) is 0 Å². The second-order valence-corrected chi connectivity index (χ2v) is 6.53. The first-order valence-corrected chi connectivity index (χ1v) is 6.34. The van der Waals surface area contributed by atoms with Gasteiger partial charge in [0.05, 0.1) is 5.92 Å². The van der Waals surface area contributed by atoms with Crippen molar-refractivity contribution in [2.24, 2.45) is 23.2 Å². The highest BCUT2D eigenvalue weighted by molar-refractivity contribution is 5.70. The highest BCUT2D eigenvalue weighted by Gasteiger charge is 2.60. The minimum absolute atomic E-state index is 0.231. The topological polar surface area (TPSA) is 37.3 Å². The van der Waals surface area contributed by atoms with Crippen LogP contribution in [0.15, 0.2) is 0 Å². The van der Waals surface area contributed by atoms with Crippen LogP contribution < -0.4 is 0 Å². The van der Waals surface area contributed by atoms with E-state index in [1.807, 2.05) is 0 Å². The van der Waals surface area contributed by atoms with Crippen LogP contribution in [0.4, 0.5) is 4.39 Å². The smallest absolute Gasteiger partial charge is 0.306 e. The summed E-state index contributed by atoms with van der Waals surface area (Å²) in [6.45, 7) is 1.78. The number of carboxylic acid groups (broad SMARTS) is 1. The molecule has 4 aliphatic rings. The zero-order chi connectivity index (χ0) is 11.6. The average molecular weight is 226 g/mol. The van der Waals surface area contributed by atoms with E-state index in [-0.39, 0.29) is 11.3 Å². The molecule has 0 amide bonds. The third-order valence-electron chi connectivity index (χ3n) is 5.32. The summed E-state index contributed by atoms with van der Waals surface area (Å²) >= 11 is 0. The van der Waals surface area contributed by atoms with Crippen LogP contribution in [0.3, 0.4) is 0 Å². The first kappa shape index (κ1) is 10.5. The van der Waals surface area contributed by atoms with Crippen LogP contribution >= 0.6 is 0 Å². The molecule has 3 heteroatoms. The lowest BCUT2D eigenvalue weighted by molar-refractivity contribution is -0.169. The van der Waals surface area contributed by atoms with Gasteiger partial charge in [0.25, 0.3) is 0 Å². The lowest BCUT2D eigenvalue weighted by Crippen LogP contribution is -2.56. The Morgan fingerprint density at radius 3 is 2.31 bits per heavy atom. The van der Waals surface area contributed by atoms with E-state index in [4.69, 9.17) is 0 Å². The molecular formula is C13H19FO2. The molecule has 90 valence electrons. The minimum atomic E-state index is -1.03. The van der Waals surface area contributed by atoms with Gasteiger partial charge in [0, 0.05) is 0 Å². The first-order chi connectivity index (χ1) is 7.42. The number of aliphatic carboxylic acids is 1. The molecular weight excluding hydrogens is 207 g/mol. The normalized spacial score (nSPS) is 51.6. The fraction of sp³-hybridized carbons (Fsp3) is 0.923. The van der Waals surface area contributed by atoms with E-state index in [2.05, 4.69) is 0 Å². The van der Waals surface area contributed by atoms with Gasteiger partial charge in [-0.2, -0.15) is 0 Å². The molecule has 0 radical (unpaired) electrons. The number of carboxylic acids is 1. The molecule has 0 saturated heterocycles. The zero-order valence-electron chi connectivity index (χ0n) is 9.71. The van der Waals surface area contributed by atoms with Gasteiger partial charge in [0.1, 0.15) is 5.67 Å². The highest BCUT2D eigenvalue weighted by atomic mass is 19.1. The largest absolute Gasteiger partial charge is 0.481 e. The van der Waals surface area contributed by atoms with Gasteiger partial charge in [-0.05, 0) is 55.8 Å². The molecule has 3 atom stereocenters. The Morgan fingerprint density at radius 2 is 1.88 bits per heavy atom. The van der Waals surface area contributed by atoms with Gasteiger partial charge < -0.3 is 5.11 Å². The SMILES string of the molecule is C[C@@H](C(=O)O)C12CC3CC(CC(F)(C3)C1)C2. The quantitative estimate of drug-likeness (QED) is 0.785. The third kappa shape index (κ3) is 1.33. The summed E-state index contributed by atoms with van der Waals surface area (Å²) in [6.07, 6.45) is 4.92. The lowest BCUT2D eigenvalue weighted by Gasteiger charge is -2.60. The highest BCUT2D eigenvalue weighted by Crippen LogP contribution is 2.65. The van der Waals surface area contributed by atoms with E-state index in [1.165, 1.54) is 0 Å². The van der Waals surface area contributed by atoms with E-state index in [1.54, 1.807) is 6.92 Å². The van der Waals surface area contributed by atoms with Crippen molar-refractivity contribution in [1.82, 2.24) is 0 Å². The standard InChI is InChI=1S/C13H19FO2/c1-8(11(15)16)12-3-9-2-10(4-12)6-13(14,5-9)7-12/h8-10H,2-7H2,1H3,(H,15,16)/t8-,9?,10?,12?,13?/m0/s1. The molecule has 0 heterocycles. The summed E-state index contributed by atoms with van der Waals surface area (Å²) in [5.74, 6) is -0.222. The van der Waals surface area contributed by atoms with E-state index in [9.17, 15) is 14.3 Å². The number of alkyl halides is 1. The summed E-state index contributed by atoms with van der Waals surface area (Å²) < 4.78 is 14.6. The Kier molecular flexibility index (Phi) is 1.97. The van der Waals surface area contributed by atoms with E-state index in [0.29, 0.717) is 31.1 Å². The van der Waals surface area contributed by atoms with E-state index < -0.39 is 11.6 Å². The van der Waals surface area contributed by atoms with Crippen LogP contribution in [-0.2, 0) is 4.79 Å². The molecule has 0 aliphatic heterocycles. The molecule has 0 aromatic heterocycles. The molecule has 1 N–H and O–H groups in total. The van der Waals surface area contributed by atoms with Gasteiger partial charge >= 0.3 is 5.97 Å².